The van der Waals surface area contributed by atoms with Gasteiger partial charge in [0, 0.05) is 0 Å². The highest BCUT2D eigenvalue weighted by molar-refractivity contribution is 6.01. The molecule has 1 unspecified atom stereocenters. The summed E-state index contributed by atoms with van der Waals surface area (Å²) in [6, 6.07) is -0.217. The van der Waals surface area contributed by atoms with Crippen LogP contribution in [-0.2, 0) is 9.59 Å². The van der Waals surface area contributed by atoms with Crippen molar-refractivity contribution in [1.29, 1.82) is 0 Å². The monoisotopic (exact) mass is 184 g/mol. The highest BCUT2D eigenvalue weighted by Gasteiger charge is 2.39. The summed E-state index contributed by atoms with van der Waals surface area (Å²) < 4.78 is 0. The Labute approximate surface area is 78.3 Å². The van der Waals surface area contributed by atoms with Gasteiger partial charge in [0.05, 0.1) is 12.6 Å². The van der Waals surface area contributed by atoms with E-state index >= 15 is 0 Å². The Morgan fingerprint density at radius 3 is 2.31 bits per heavy atom. The quantitative estimate of drug-likeness (QED) is 0.539. The standard InChI is InChI=1S/C9H16N2O2/c1-9(2,3)7-8(13)10-6(12)5-11(7)4/h7H,5H2,1-4H3,(H,10,12,13). The van der Waals surface area contributed by atoms with E-state index in [9.17, 15) is 9.59 Å². The molecule has 0 bridgehead atoms. The second kappa shape index (κ2) is 3.10. The SMILES string of the molecule is CN1CC(=O)NC(=O)C1C(C)(C)C. The van der Waals surface area contributed by atoms with Gasteiger partial charge in [0.2, 0.25) is 11.8 Å². The first-order chi connectivity index (χ1) is 5.82. The number of rotatable bonds is 0. The Hall–Kier alpha value is -0.900. The van der Waals surface area contributed by atoms with Crippen LogP contribution in [0.5, 0.6) is 0 Å². The Bertz CT molecular complexity index is 242. The van der Waals surface area contributed by atoms with Crippen LogP contribution >= 0.6 is 0 Å². The highest BCUT2D eigenvalue weighted by Crippen LogP contribution is 2.24. The van der Waals surface area contributed by atoms with Gasteiger partial charge in [0.1, 0.15) is 0 Å². The highest BCUT2D eigenvalue weighted by atomic mass is 16.2. The largest absolute Gasteiger partial charge is 0.294 e. The zero-order valence-corrected chi connectivity index (χ0v) is 8.55. The van der Waals surface area contributed by atoms with Gasteiger partial charge < -0.3 is 0 Å². The van der Waals surface area contributed by atoms with Crippen molar-refractivity contribution in [1.82, 2.24) is 10.2 Å². The molecule has 0 radical (unpaired) electrons. The maximum atomic E-state index is 11.5. The van der Waals surface area contributed by atoms with Crippen molar-refractivity contribution < 1.29 is 9.59 Å². The number of hydrogen-bond acceptors (Lipinski definition) is 3. The lowest BCUT2D eigenvalue weighted by Gasteiger charge is -2.39. The van der Waals surface area contributed by atoms with Gasteiger partial charge in [-0.3, -0.25) is 19.8 Å². The molecule has 1 saturated heterocycles. The van der Waals surface area contributed by atoms with Crippen LogP contribution in [0.25, 0.3) is 0 Å². The first-order valence-corrected chi connectivity index (χ1v) is 4.36. The first kappa shape index (κ1) is 10.2. The maximum absolute atomic E-state index is 11.5. The lowest BCUT2D eigenvalue weighted by molar-refractivity contribution is -0.142. The Kier molecular flexibility index (Phi) is 2.43. The topological polar surface area (TPSA) is 49.4 Å². The van der Waals surface area contributed by atoms with Crippen molar-refractivity contribution in [3.63, 3.8) is 0 Å². The molecule has 0 aromatic heterocycles. The fourth-order valence-corrected chi connectivity index (χ4v) is 1.82. The van der Waals surface area contributed by atoms with E-state index in [1.165, 1.54) is 0 Å². The number of nitrogens with one attached hydrogen (secondary N) is 1. The summed E-state index contributed by atoms with van der Waals surface area (Å²) in [5.41, 5.74) is -0.139. The summed E-state index contributed by atoms with van der Waals surface area (Å²) in [5, 5.41) is 2.35. The van der Waals surface area contributed by atoms with Crippen LogP contribution in [0.3, 0.4) is 0 Å². The number of carbonyl (C=O) groups is 2. The van der Waals surface area contributed by atoms with Gasteiger partial charge in [-0.2, -0.15) is 0 Å². The van der Waals surface area contributed by atoms with E-state index in [1.54, 1.807) is 11.9 Å². The summed E-state index contributed by atoms with van der Waals surface area (Å²) in [4.78, 5) is 24.3. The number of nitrogens with zero attached hydrogens (tertiary/aromatic N) is 1. The third-order valence-corrected chi connectivity index (χ3v) is 2.17. The van der Waals surface area contributed by atoms with Gasteiger partial charge in [-0.15, -0.1) is 0 Å². The number of likely N-dealkylation sites (N-methyl/N-ethyl adjacent to an activating group) is 1. The van der Waals surface area contributed by atoms with Gasteiger partial charge in [-0.25, -0.2) is 0 Å². The van der Waals surface area contributed by atoms with Crippen LogP contribution < -0.4 is 5.32 Å². The third-order valence-electron chi connectivity index (χ3n) is 2.17. The number of hydrogen-bond donors (Lipinski definition) is 1. The zero-order valence-electron chi connectivity index (χ0n) is 8.55. The average Bonchev–Trinajstić information content (AvgIpc) is 1.78. The first-order valence-electron chi connectivity index (χ1n) is 4.36. The maximum Gasteiger partial charge on any atom is 0.244 e. The predicted molar refractivity (Wildman–Crippen MR) is 49.0 cm³/mol. The fraction of sp³-hybridized carbons (Fsp3) is 0.778. The van der Waals surface area contributed by atoms with E-state index in [4.69, 9.17) is 0 Å². The number of carbonyl (C=O) groups excluding carboxylic acids is 2. The van der Waals surface area contributed by atoms with Crippen molar-refractivity contribution >= 4 is 11.8 Å². The average molecular weight is 184 g/mol. The van der Waals surface area contributed by atoms with Crippen molar-refractivity contribution in [2.75, 3.05) is 13.6 Å². The molecule has 0 aromatic rings. The molecule has 1 aliphatic heterocycles. The molecule has 1 rings (SSSR count). The molecule has 74 valence electrons. The Morgan fingerprint density at radius 1 is 1.38 bits per heavy atom. The molecular formula is C9H16N2O2. The molecule has 13 heavy (non-hydrogen) atoms. The van der Waals surface area contributed by atoms with E-state index in [1.807, 2.05) is 20.8 Å². The van der Waals surface area contributed by atoms with Crippen molar-refractivity contribution in [3.05, 3.63) is 0 Å². The molecule has 0 saturated carbocycles. The summed E-state index contributed by atoms with van der Waals surface area (Å²) in [6.07, 6.45) is 0. The van der Waals surface area contributed by atoms with Crippen molar-refractivity contribution in [3.8, 4) is 0 Å². The minimum absolute atomic E-state index is 0.139. The van der Waals surface area contributed by atoms with Crippen LogP contribution in [0, 0.1) is 5.41 Å². The van der Waals surface area contributed by atoms with Crippen LogP contribution in [0.4, 0.5) is 0 Å². The minimum atomic E-state index is -0.217. The van der Waals surface area contributed by atoms with E-state index in [0.29, 0.717) is 6.54 Å². The van der Waals surface area contributed by atoms with Crippen molar-refractivity contribution in [2.24, 2.45) is 5.41 Å². The lowest BCUT2D eigenvalue weighted by atomic mass is 9.84. The summed E-state index contributed by atoms with van der Waals surface area (Å²) in [7, 11) is 1.80. The van der Waals surface area contributed by atoms with Gasteiger partial charge in [-0.1, -0.05) is 20.8 Å². The zero-order chi connectivity index (χ0) is 10.2. The fourth-order valence-electron chi connectivity index (χ4n) is 1.82. The lowest BCUT2D eigenvalue weighted by Crippen LogP contribution is -2.60. The van der Waals surface area contributed by atoms with Gasteiger partial charge in [-0.05, 0) is 12.5 Å². The molecule has 4 nitrogen and oxygen atoms in total. The molecule has 0 aromatic carbocycles. The normalized spacial score (nSPS) is 26.0. The molecule has 0 spiro atoms. The molecule has 1 atom stereocenters. The second-order valence-corrected chi connectivity index (χ2v) is 4.60. The molecule has 4 heteroatoms. The predicted octanol–water partition coefficient (Wildman–Crippen LogP) is -0.0107. The summed E-state index contributed by atoms with van der Waals surface area (Å²) >= 11 is 0. The molecule has 1 N–H and O–H groups in total. The van der Waals surface area contributed by atoms with Crippen LogP contribution in [-0.4, -0.2) is 36.3 Å². The molecule has 1 heterocycles. The third kappa shape index (κ3) is 2.06. The van der Waals surface area contributed by atoms with E-state index < -0.39 is 0 Å². The number of amides is 2. The van der Waals surface area contributed by atoms with E-state index in [0.717, 1.165) is 0 Å². The molecule has 2 amide bonds. The van der Waals surface area contributed by atoms with Crippen LogP contribution in [0.2, 0.25) is 0 Å². The second-order valence-electron chi connectivity index (χ2n) is 4.60. The molecule has 0 aliphatic carbocycles. The van der Waals surface area contributed by atoms with E-state index in [-0.39, 0.29) is 23.3 Å². The number of imide groups is 1. The van der Waals surface area contributed by atoms with E-state index in [2.05, 4.69) is 5.32 Å². The van der Waals surface area contributed by atoms with Crippen molar-refractivity contribution in [2.45, 2.75) is 26.8 Å². The molecule has 1 fully saturated rings. The summed E-state index contributed by atoms with van der Waals surface area (Å²) in [5.74, 6) is -0.403. The number of piperazine rings is 1. The molecule has 1 aliphatic rings. The van der Waals surface area contributed by atoms with Gasteiger partial charge in [0.25, 0.3) is 0 Å². The van der Waals surface area contributed by atoms with Crippen LogP contribution in [0.1, 0.15) is 20.8 Å². The molecular weight excluding hydrogens is 168 g/mol. The smallest absolute Gasteiger partial charge is 0.244 e. The van der Waals surface area contributed by atoms with Gasteiger partial charge >= 0.3 is 0 Å². The van der Waals surface area contributed by atoms with Crippen LogP contribution in [0.15, 0.2) is 0 Å². The minimum Gasteiger partial charge on any atom is -0.294 e. The Morgan fingerprint density at radius 2 is 1.92 bits per heavy atom. The Balaban J connectivity index is 2.85. The van der Waals surface area contributed by atoms with Gasteiger partial charge in [0.15, 0.2) is 0 Å². The summed E-state index contributed by atoms with van der Waals surface area (Å²) in [6.45, 7) is 6.27.